The molecule has 86 valence electrons. The summed E-state index contributed by atoms with van der Waals surface area (Å²) in [6.07, 6.45) is 3.67. The van der Waals surface area contributed by atoms with E-state index in [1.165, 1.54) is 0 Å². The summed E-state index contributed by atoms with van der Waals surface area (Å²) in [5.74, 6) is 0. The van der Waals surface area contributed by atoms with Crippen LogP contribution in [0.5, 0.6) is 0 Å². The molecule has 0 spiro atoms. The SMILES string of the molecule is CC(C)(C)OC(=O)NC1(C2(N)CC2)CC1. The van der Waals surface area contributed by atoms with Crippen LogP contribution in [0, 0.1) is 0 Å². The molecule has 4 heteroatoms. The van der Waals surface area contributed by atoms with E-state index in [1.54, 1.807) is 0 Å². The minimum atomic E-state index is -0.439. The fraction of sp³-hybridized carbons (Fsp3) is 0.909. The average Bonchev–Trinajstić information content (AvgIpc) is 2.84. The summed E-state index contributed by atoms with van der Waals surface area (Å²) in [5.41, 5.74) is 5.38. The van der Waals surface area contributed by atoms with Gasteiger partial charge >= 0.3 is 6.09 Å². The van der Waals surface area contributed by atoms with Crippen molar-refractivity contribution >= 4 is 6.09 Å². The summed E-state index contributed by atoms with van der Waals surface area (Å²) in [6, 6.07) is 0. The smallest absolute Gasteiger partial charge is 0.408 e. The van der Waals surface area contributed by atoms with Crippen LogP contribution in [0.3, 0.4) is 0 Å². The van der Waals surface area contributed by atoms with Crippen LogP contribution in [-0.4, -0.2) is 22.8 Å². The quantitative estimate of drug-likeness (QED) is 0.729. The van der Waals surface area contributed by atoms with Gasteiger partial charge in [0.05, 0.1) is 5.54 Å². The van der Waals surface area contributed by atoms with Crippen molar-refractivity contribution in [2.45, 2.75) is 63.1 Å². The van der Waals surface area contributed by atoms with Crippen molar-refractivity contribution in [3.05, 3.63) is 0 Å². The third kappa shape index (κ3) is 2.09. The Morgan fingerprint density at radius 3 is 2.13 bits per heavy atom. The first-order valence-electron chi connectivity index (χ1n) is 5.57. The van der Waals surface area contributed by atoms with Gasteiger partial charge in [-0.05, 0) is 46.5 Å². The van der Waals surface area contributed by atoms with E-state index in [4.69, 9.17) is 10.5 Å². The lowest BCUT2D eigenvalue weighted by atomic mass is 10.1. The van der Waals surface area contributed by atoms with Crippen molar-refractivity contribution in [1.82, 2.24) is 5.32 Å². The normalized spacial score (nSPS) is 25.6. The third-order valence-corrected chi connectivity index (χ3v) is 3.23. The Hall–Kier alpha value is -0.770. The van der Waals surface area contributed by atoms with E-state index in [1.807, 2.05) is 20.8 Å². The first kappa shape index (κ1) is 10.7. The lowest BCUT2D eigenvalue weighted by molar-refractivity contribution is 0.0483. The zero-order valence-electron chi connectivity index (χ0n) is 9.72. The number of hydrogen-bond donors (Lipinski definition) is 2. The molecule has 0 saturated heterocycles. The van der Waals surface area contributed by atoms with Gasteiger partial charge in [0.15, 0.2) is 0 Å². The molecule has 0 unspecified atom stereocenters. The maximum atomic E-state index is 11.6. The van der Waals surface area contributed by atoms with E-state index >= 15 is 0 Å². The van der Waals surface area contributed by atoms with Crippen molar-refractivity contribution in [2.75, 3.05) is 0 Å². The van der Waals surface area contributed by atoms with E-state index in [-0.39, 0.29) is 17.2 Å². The molecule has 0 aromatic heterocycles. The van der Waals surface area contributed by atoms with Gasteiger partial charge in [0.2, 0.25) is 0 Å². The number of ether oxygens (including phenoxy) is 1. The zero-order chi connectivity index (χ0) is 11.3. The van der Waals surface area contributed by atoms with Gasteiger partial charge in [0.1, 0.15) is 5.60 Å². The van der Waals surface area contributed by atoms with Crippen molar-refractivity contribution < 1.29 is 9.53 Å². The summed E-state index contributed by atoms with van der Waals surface area (Å²) in [5, 5.41) is 2.94. The molecule has 0 radical (unpaired) electrons. The van der Waals surface area contributed by atoms with Gasteiger partial charge in [-0.15, -0.1) is 0 Å². The highest BCUT2D eigenvalue weighted by Gasteiger charge is 2.64. The fourth-order valence-corrected chi connectivity index (χ4v) is 1.98. The molecule has 15 heavy (non-hydrogen) atoms. The van der Waals surface area contributed by atoms with E-state index in [9.17, 15) is 4.79 Å². The number of nitrogens with one attached hydrogen (secondary N) is 1. The summed E-state index contributed by atoms with van der Waals surface area (Å²) < 4.78 is 5.23. The Morgan fingerprint density at radius 1 is 1.27 bits per heavy atom. The van der Waals surface area contributed by atoms with E-state index < -0.39 is 5.60 Å². The van der Waals surface area contributed by atoms with E-state index in [0.717, 1.165) is 25.7 Å². The van der Waals surface area contributed by atoms with Crippen LogP contribution in [0.25, 0.3) is 0 Å². The Kier molecular flexibility index (Phi) is 2.06. The average molecular weight is 212 g/mol. The minimum Gasteiger partial charge on any atom is -0.444 e. The second-order valence-electron chi connectivity index (χ2n) is 5.87. The Balaban J connectivity index is 1.90. The molecule has 0 aromatic carbocycles. The van der Waals surface area contributed by atoms with Gasteiger partial charge in [-0.25, -0.2) is 4.79 Å². The molecule has 2 rings (SSSR count). The van der Waals surface area contributed by atoms with Crippen LogP contribution in [0.4, 0.5) is 4.79 Å². The summed E-state index contributed by atoms with van der Waals surface area (Å²) in [7, 11) is 0. The fourth-order valence-electron chi connectivity index (χ4n) is 1.98. The lowest BCUT2D eigenvalue weighted by Gasteiger charge is -2.27. The molecular weight excluding hydrogens is 192 g/mol. The maximum Gasteiger partial charge on any atom is 0.408 e. The molecule has 0 bridgehead atoms. The number of carbonyl (C=O) groups is 1. The predicted octanol–water partition coefficient (Wildman–Crippen LogP) is 1.53. The first-order chi connectivity index (χ1) is 6.77. The van der Waals surface area contributed by atoms with Crippen molar-refractivity contribution in [1.29, 1.82) is 0 Å². The van der Waals surface area contributed by atoms with Crippen LogP contribution in [0.15, 0.2) is 0 Å². The Labute approximate surface area is 90.5 Å². The van der Waals surface area contributed by atoms with Crippen molar-refractivity contribution in [3.8, 4) is 0 Å². The summed E-state index contributed by atoms with van der Waals surface area (Å²) in [4.78, 5) is 11.6. The molecular formula is C11H20N2O2. The van der Waals surface area contributed by atoms with Crippen LogP contribution in [0.2, 0.25) is 0 Å². The highest BCUT2D eigenvalue weighted by atomic mass is 16.6. The molecule has 3 N–H and O–H groups in total. The van der Waals surface area contributed by atoms with Gasteiger partial charge in [-0.1, -0.05) is 0 Å². The second kappa shape index (κ2) is 2.88. The number of hydrogen-bond acceptors (Lipinski definition) is 3. The molecule has 1 amide bonds. The van der Waals surface area contributed by atoms with E-state index in [2.05, 4.69) is 5.32 Å². The number of carbonyl (C=O) groups excluding carboxylic acids is 1. The van der Waals surface area contributed by atoms with E-state index in [0.29, 0.717) is 0 Å². The van der Waals surface area contributed by atoms with Crippen LogP contribution in [-0.2, 0) is 4.74 Å². The Bertz CT molecular complexity index is 285. The molecule has 0 atom stereocenters. The van der Waals surface area contributed by atoms with Gasteiger partial charge in [-0.2, -0.15) is 0 Å². The van der Waals surface area contributed by atoms with Gasteiger partial charge in [0, 0.05) is 5.54 Å². The molecule has 4 nitrogen and oxygen atoms in total. The van der Waals surface area contributed by atoms with Crippen molar-refractivity contribution in [2.24, 2.45) is 5.73 Å². The summed E-state index contributed by atoms with van der Waals surface area (Å²) in [6.45, 7) is 5.59. The molecule has 2 aliphatic rings. The Morgan fingerprint density at radius 2 is 1.80 bits per heavy atom. The molecule has 0 aromatic rings. The monoisotopic (exact) mass is 212 g/mol. The van der Waals surface area contributed by atoms with Crippen LogP contribution in [0.1, 0.15) is 46.5 Å². The molecule has 2 aliphatic carbocycles. The number of rotatable bonds is 2. The van der Waals surface area contributed by atoms with Gasteiger partial charge in [-0.3, -0.25) is 0 Å². The van der Waals surface area contributed by atoms with Crippen LogP contribution < -0.4 is 11.1 Å². The number of amides is 1. The molecule has 2 fully saturated rings. The molecule has 0 aliphatic heterocycles. The standard InChI is InChI=1S/C11H20N2O2/c1-9(2,3)15-8(14)13-11(6-7-11)10(12)4-5-10/h4-7,12H2,1-3H3,(H,13,14). The molecule has 0 heterocycles. The molecule has 2 saturated carbocycles. The highest BCUT2D eigenvalue weighted by Crippen LogP contribution is 2.55. The maximum absolute atomic E-state index is 11.6. The minimum absolute atomic E-state index is 0.149. The largest absolute Gasteiger partial charge is 0.444 e. The van der Waals surface area contributed by atoms with Crippen LogP contribution >= 0.6 is 0 Å². The van der Waals surface area contributed by atoms with Crippen molar-refractivity contribution in [3.63, 3.8) is 0 Å². The first-order valence-corrected chi connectivity index (χ1v) is 5.57. The zero-order valence-corrected chi connectivity index (χ0v) is 9.72. The third-order valence-electron chi connectivity index (χ3n) is 3.23. The van der Waals surface area contributed by atoms with Gasteiger partial charge < -0.3 is 15.8 Å². The number of nitrogens with two attached hydrogens (primary N) is 1. The lowest BCUT2D eigenvalue weighted by Crippen LogP contribution is -2.53. The number of alkyl carbamates (subject to hydrolysis) is 1. The van der Waals surface area contributed by atoms with Gasteiger partial charge in [0.25, 0.3) is 0 Å². The second-order valence-corrected chi connectivity index (χ2v) is 5.87. The predicted molar refractivity (Wildman–Crippen MR) is 57.5 cm³/mol. The summed E-state index contributed by atoms with van der Waals surface area (Å²) >= 11 is 0. The highest BCUT2D eigenvalue weighted by molar-refractivity contribution is 5.70. The topological polar surface area (TPSA) is 64.3 Å².